The summed E-state index contributed by atoms with van der Waals surface area (Å²) in [5.74, 6) is -4.29. The molecule has 0 aliphatic carbocycles. The van der Waals surface area contributed by atoms with Gasteiger partial charge in [-0.05, 0) is 57.2 Å². The van der Waals surface area contributed by atoms with Crippen LogP contribution in [0.3, 0.4) is 0 Å². The lowest BCUT2D eigenvalue weighted by Gasteiger charge is -2.29. The highest BCUT2D eigenvalue weighted by Crippen LogP contribution is 2.23. The predicted octanol–water partition coefficient (Wildman–Crippen LogP) is 7.06. The zero-order valence-corrected chi connectivity index (χ0v) is 40.4. The van der Waals surface area contributed by atoms with Gasteiger partial charge >= 0.3 is 17.9 Å². The number of unbranched alkanes of at least 4 members (excludes halogenated alkanes) is 11. The van der Waals surface area contributed by atoms with Crippen LogP contribution in [0.2, 0.25) is 0 Å². The lowest BCUT2D eigenvalue weighted by molar-refractivity contribution is -0.156. The van der Waals surface area contributed by atoms with E-state index >= 15 is 0 Å². The topological polar surface area (TPSA) is 242 Å². The number of hydrogen-bond acceptors (Lipinski definition) is 13. The molecule has 1 aromatic rings. The molecule has 0 saturated carbocycles. The highest BCUT2D eigenvalue weighted by molar-refractivity contribution is 5.96. The van der Waals surface area contributed by atoms with Gasteiger partial charge in [-0.25, -0.2) is 14.6 Å². The molecule has 2 aliphatic heterocycles. The molecule has 5 atom stereocenters. The Bertz CT molecular complexity index is 1890. The van der Waals surface area contributed by atoms with E-state index in [1.807, 2.05) is 27.7 Å². The van der Waals surface area contributed by atoms with Crippen molar-refractivity contribution in [1.82, 2.24) is 20.5 Å². The van der Waals surface area contributed by atoms with E-state index in [9.17, 15) is 33.9 Å². The number of amides is 3. The average molecular weight is 937 g/mol. The highest BCUT2D eigenvalue weighted by atomic mass is 16.6. The number of aromatic nitrogens is 1. The number of carbonyl (C=O) groups is 6. The third-order valence-electron chi connectivity index (χ3n) is 11.5. The SMILES string of the molecule is CCCCCCCCCCCCCC(=O)OC1/C=C(C)\C=C\CNC(=O)/C=C\C(C)C(C(C)C)OC(=O)C2C=CCN2C(=O)c2coc(n2)C/C(=N\OCC(=O)NC(CCCCN)C(=O)O)C1. The van der Waals surface area contributed by atoms with Crippen LogP contribution in [-0.4, -0.2) is 107 Å². The van der Waals surface area contributed by atoms with E-state index in [2.05, 4.69) is 27.7 Å². The van der Waals surface area contributed by atoms with E-state index in [4.69, 9.17) is 24.5 Å². The molecule has 2 aliphatic rings. The van der Waals surface area contributed by atoms with Gasteiger partial charge in [-0.15, -0.1) is 0 Å². The number of nitrogens with one attached hydrogen (secondary N) is 2. The Balaban J connectivity index is 1.89. The van der Waals surface area contributed by atoms with Crippen molar-refractivity contribution < 1.29 is 52.6 Å². The van der Waals surface area contributed by atoms with Crippen molar-refractivity contribution >= 4 is 41.3 Å². The molecule has 5 unspecified atom stereocenters. The Kier molecular flexibility index (Phi) is 26.1. The number of aliphatic carboxylic acids is 1. The number of rotatable bonds is 23. The minimum atomic E-state index is -1.20. The van der Waals surface area contributed by atoms with Crippen LogP contribution in [-0.2, 0) is 44.7 Å². The second-order valence-corrected chi connectivity index (χ2v) is 17.7. The number of nitrogens with two attached hydrogens (primary N) is 1. The molecule has 2 bridgehead atoms. The average Bonchev–Trinajstić information content (AvgIpc) is 3.98. The zero-order valence-electron chi connectivity index (χ0n) is 40.4. The number of cyclic esters (lactones) is 1. The molecule has 0 saturated heterocycles. The number of oxime groups is 1. The second-order valence-electron chi connectivity index (χ2n) is 17.7. The van der Waals surface area contributed by atoms with Gasteiger partial charge in [0.2, 0.25) is 11.8 Å². The van der Waals surface area contributed by atoms with Gasteiger partial charge in [-0.3, -0.25) is 19.2 Å². The molecule has 67 heavy (non-hydrogen) atoms. The normalized spacial score (nSPS) is 22.6. The van der Waals surface area contributed by atoms with E-state index in [-0.39, 0.29) is 73.8 Å². The Morgan fingerprint density at radius 2 is 1.69 bits per heavy atom. The van der Waals surface area contributed by atoms with Crippen molar-refractivity contribution in [3.05, 3.63) is 66.0 Å². The van der Waals surface area contributed by atoms with Crippen molar-refractivity contribution in [3.63, 3.8) is 0 Å². The maximum absolute atomic E-state index is 13.8. The van der Waals surface area contributed by atoms with E-state index in [0.717, 1.165) is 19.3 Å². The maximum atomic E-state index is 13.8. The Morgan fingerprint density at radius 1 is 0.985 bits per heavy atom. The summed E-state index contributed by atoms with van der Waals surface area (Å²) in [6.45, 7) is 9.76. The third-order valence-corrected chi connectivity index (χ3v) is 11.5. The van der Waals surface area contributed by atoms with Gasteiger partial charge < -0.3 is 45.1 Å². The molecule has 17 heteroatoms. The highest BCUT2D eigenvalue weighted by Gasteiger charge is 2.36. The number of allylic oxidation sites excluding steroid dienone is 2. The number of oxazole rings is 1. The van der Waals surface area contributed by atoms with Gasteiger partial charge in [0.25, 0.3) is 11.8 Å². The molecule has 3 amide bonds. The number of ether oxygens (including phenoxy) is 2. The Hall–Kier alpha value is -5.58. The molecular weight excluding hydrogens is 861 g/mol. The molecule has 3 rings (SSSR count). The van der Waals surface area contributed by atoms with Gasteiger partial charge in [0.05, 0.1) is 12.1 Å². The van der Waals surface area contributed by atoms with Crippen LogP contribution in [0.1, 0.15) is 154 Å². The van der Waals surface area contributed by atoms with Crippen LogP contribution in [0.4, 0.5) is 0 Å². The summed E-state index contributed by atoms with van der Waals surface area (Å²) in [6.07, 6.45) is 25.1. The second kappa shape index (κ2) is 31.4. The molecule has 372 valence electrons. The summed E-state index contributed by atoms with van der Waals surface area (Å²) in [4.78, 5) is 89.5. The quantitative estimate of drug-likeness (QED) is 0.0372. The first-order valence-corrected chi connectivity index (χ1v) is 24.2. The van der Waals surface area contributed by atoms with E-state index in [0.29, 0.717) is 31.4 Å². The summed E-state index contributed by atoms with van der Waals surface area (Å²) in [5, 5.41) is 19.1. The van der Waals surface area contributed by atoms with E-state index in [1.165, 1.54) is 62.2 Å². The number of nitrogens with zero attached hydrogens (tertiary/aromatic N) is 3. The van der Waals surface area contributed by atoms with Crippen molar-refractivity contribution in [1.29, 1.82) is 0 Å². The number of carboxylic acids is 1. The number of hydrogen-bond donors (Lipinski definition) is 4. The first-order chi connectivity index (χ1) is 32.2. The fraction of sp³-hybridized carbons (Fsp3) is 0.640. The van der Waals surface area contributed by atoms with Crippen molar-refractivity contribution in [2.45, 2.75) is 168 Å². The number of fused-ring (bicyclic) bond motifs is 3. The first kappa shape index (κ1) is 55.7. The smallest absolute Gasteiger partial charge is 0.333 e. The molecule has 17 nitrogen and oxygen atoms in total. The van der Waals surface area contributed by atoms with Gasteiger partial charge in [-0.2, -0.15) is 0 Å². The largest absolute Gasteiger partial charge is 0.480 e. The molecular formula is C50H76N6O11. The lowest BCUT2D eigenvalue weighted by atomic mass is 9.94. The van der Waals surface area contributed by atoms with Crippen LogP contribution < -0.4 is 16.4 Å². The van der Waals surface area contributed by atoms with Crippen molar-refractivity contribution in [3.8, 4) is 0 Å². The summed E-state index contributed by atoms with van der Waals surface area (Å²) in [6, 6.07) is -2.18. The number of carboxylic acid groups (broad SMARTS) is 1. The van der Waals surface area contributed by atoms with Gasteiger partial charge in [0.15, 0.2) is 12.3 Å². The Morgan fingerprint density at radius 3 is 2.36 bits per heavy atom. The zero-order chi connectivity index (χ0) is 49.0. The number of carbonyl (C=O) groups excluding carboxylic acids is 5. The summed E-state index contributed by atoms with van der Waals surface area (Å²) >= 11 is 0. The third kappa shape index (κ3) is 21.7. The molecule has 0 radical (unpaired) electrons. The van der Waals surface area contributed by atoms with Gasteiger partial charge in [0, 0.05) is 31.8 Å². The molecule has 1 aromatic heterocycles. The lowest BCUT2D eigenvalue weighted by Crippen LogP contribution is -2.44. The molecule has 3 heterocycles. The molecule has 0 fully saturated rings. The van der Waals surface area contributed by atoms with Crippen LogP contribution >= 0.6 is 0 Å². The van der Waals surface area contributed by atoms with Crippen LogP contribution in [0.25, 0.3) is 0 Å². The van der Waals surface area contributed by atoms with Crippen LogP contribution in [0, 0.1) is 11.8 Å². The van der Waals surface area contributed by atoms with E-state index in [1.54, 1.807) is 36.5 Å². The first-order valence-electron chi connectivity index (χ1n) is 24.2. The molecule has 0 spiro atoms. The van der Waals surface area contributed by atoms with E-state index < -0.39 is 60.6 Å². The standard InChI is InChI=1S/C50H76N6O11/c1-6-7-8-9-10-11-12-13-14-15-16-24-46(59)66-39-30-36(4)21-19-28-52-43(57)26-25-37(5)47(35(2)3)67-50(63)42-23-20-29-56(42)48(60)41-33-64-45(54-41)32-38(31-39)55-65-34-44(58)53-40(49(61)62)22-17-18-27-51/h19-21,23,25-26,30,33,35,37,39-40,42,47H,6-18,22,24,27-29,31-32,34,51H2,1-5H3,(H,52,57)(H,53,58)(H,61,62)/b21-19+,26-25-,36-30-,55-38-. The van der Waals surface area contributed by atoms with Crippen molar-refractivity contribution in [2.75, 3.05) is 26.2 Å². The fourth-order valence-corrected chi connectivity index (χ4v) is 7.80. The van der Waals surface area contributed by atoms with Gasteiger partial charge in [-0.1, -0.05) is 133 Å². The minimum Gasteiger partial charge on any atom is -0.480 e. The summed E-state index contributed by atoms with van der Waals surface area (Å²) in [7, 11) is 0. The van der Waals surface area contributed by atoms with Crippen molar-refractivity contribution in [2.24, 2.45) is 22.7 Å². The van der Waals surface area contributed by atoms with Crippen LogP contribution in [0.5, 0.6) is 0 Å². The fourth-order valence-electron chi connectivity index (χ4n) is 7.80. The maximum Gasteiger partial charge on any atom is 0.333 e. The summed E-state index contributed by atoms with van der Waals surface area (Å²) in [5.41, 5.74) is 6.40. The molecule has 5 N–H and O–H groups in total. The number of esters is 2. The minimum absolute atomic E-state index is 0.0417. The molecule has 0 aromatic carbocycles. The van der Waals surface area contributed by atoms with Gasteiger partial charge in [0.1, 0.15) is 30.6 Å². The van der Waals surface area contributed by atoms with Crippen LogP contribution in [0.15, 0.2) is 63.9 Å². The predicted molar refractivity (Wildman–Crippen MR) is 255 cm³/mol. The summed E-state index contributed by atoms with van der Waals surface area (Å²) < 4.78 is 17.7. The Labute approximate surface area is 396 Å². The monoisotopic (exact) mass is 937 g/mol.